The van der Waals surface area contributed by atoms with E-state index < -0.39 is 0 Å². The van der Waals surface area contributed by atoms with Gasteiger partial charge in [-0.2, -0.15) is 5.10 Å². The highest BCUT2D eigenvalue weighted by molar-refractivity contribution is 7.99. The number of nitrogens with zero attached hydrogens (tertiary/aromatic N) is 1. The largest absolute Gasteiger partial charge is 0.298 e. The number of rotatable bonds is 2. The maximum atomic E-state index is 10.9. The number of benzene rings is 1. The van der Waals surface area contributed by atoms with Gasteiger partial charge >= 0.3 is 0 Å². The molecule has 2 aromatic rings. The van der Waals surface area contributed by atoms with Crippen molar-refractivity contribution < 1.29 is 4.79 Å². The van der Waals surface area contributed by atoms with Crippen LogP contribution in [0.4, 0.5) is 0 Å². The molecular weight excluding hydrogens is 232 g/mol. The summed E-state index contributed by atoms with van der Waals surface area (Å²) >= 11 is 1.91. The number of carbonyl (C=O) groups is 1. The summed E-state index contributed by atoms with van der Waals surface area (Å²) < 4.78 is 0. The van der Waals surface area contributed by atoms with Crippen molar-refractivity contribution in [2.45, 2.75) is 17.7 Å². The van der Waals surface area contributed by atoms with Gasteiger partial charge < -0.3 is 0 Å². The van der Waals surface area contributed by atoms with E-state index in [9.17, 15) is 4.79 Å². The van der Waals surface area contributed by atoms with E-state index in [0.717, 1.165) is 24.0 Å². The molecule has 0 fully saturated rings. The Labute approximate surface area is 104 Å². The predicted molar refractivity (Wildman–Crippen MR) is 68.5 cm³/mol. The highest BCUT2D eigenvalue weighted by Crippen LogP contribution is 2.33. The summed E-state index contributed by atoms with van der Waals surface area (Å²) in [5, 5.41) is 6.81. The number of fused-ring (bicyclic) bond motifs is 1. The van der Waals surface area contributed by atoms with E-state index in [-0.39, 0.29) is 0 Å². The van der Waals surface area contributed by atoms with Crippen molar-refractivity contribution >= 4 is 18.0 Å². The summed E-state index contributed by atoms with van der Waals surface area (Å²) in [5.41, 5.74) is 3.86. The van der Waals surface area contributed by atoms with E-state index in [1.54, 1.807) is 6.20 Å². The number of nitrogens with one attached hydrogen (secondary N) is 1. The highest BCUT2D eigenvalue weighted by atomic mass is 32.2. The molecule has 0 radical (unpaired) electrons. The highest BCUT2D eigenvalue weighted by Gasteiger charge is 2.13. The molecule has 0 bridgehead atoms. The molecular formula is C13H12N2OS. The van der Waals surface area contributed by atoms with Crippen LogP contribution in [0.3, 0.4) is 0 Å². The molecule has 1 aliphatic rings. The number of aryl methyl sites for hydroxylation is 1. The van der Waals surface area contributed by atoms with E-state index >= 15 is 0 Å². The number of hydrogen-bond donors (Lipinski definition) is 1. The number of thioether (sulfide) groups is 1. The van der Waals surface area contributed by atoms with E-state index in [0.29, 0.717) is 5.56 Å². The third-order valence-electron chi connectivity index (χ3n) is 2.99. The molecule has 17 heavy (non-hydrogen) atoms. The minimum absolute atomic E-state index is 0.619. The maximum absolute atomic E-state index is 10.9. The van der Waals surface area contributed by atoms with Crippen LogP contribution < -0.4 is 0 Å². The summed E-state index contributed by atoms with van der Waals surface area (Å²) in [5.74, 6) is 1.20. The molecule has 0 spiro atoms. The smallest absolute Gasteiger partial charge is 0.153 e. The molecule has 0 amide bonds. The first-order valence-corrected chi connectivity index (χ1v) is 6.61. The van der Waals surface area contributed by atoms with Gasteiger partial charge in [-0.05, 0) is 36.3 Å². The fraction of sp³-hybridized carbons (Fsp3) is 0.231. The Morgan fingerprint density at radius 3 is 3.24 bits per heavy atom. The Morgan fingerprint density at radius 2 is 2.35 bits per heavy atom. The minimum Gasteiger partial charge on any atom is -0.298 e. The summed E-state index contributed by atoms with van der Waals surface area (Å²) in [6, 6.07) is 6.36. The molecule has 86 valence electrons. The van der Waals surface area contributed by atoms with E-state index in [1.807, 2.05) is 11.8 Å². The number of hydrogen-bond acceptors (Lipinski definition) is 3. The summed E-state index contributed by atoms with van der Waals surface area (Å²) in [6.07, 6.45) is 4.76. The predicted octanol–water partition coefficient (Wildman–Crippen LogP) is 2.93. The zero-order chi connectivity index (χ0) is 11.7. The van der Waals surface area contributed by atoms with Gasteiger partial charge in [-0.1, -0.05) is 6.07 Å². The van der Waals surface area contributed by atoms with Crippen molar-refractivity contribution in [1.29, 1.82) is 0 Å². The second kappa shape index (κ2) is 4.37. The number of aromatic nitrogens is 2. The van der Waals surface area contributed by atoms with Crippen LogP contribution in [0.25, 0.3) is 11.3 Å². The quantitative estimate of drug-likeness (QED) is 0.826. The zero-order valence-corrected chi connectivity index (χ0v) is 10.1. The van der Waals surface area contributed by atoms with Gasteiger partial charge in [0.15, 0.2) is 6.29 Å². The lowest BCUT2D eigenvalue weighted by molar-refractivity contribution is 0.112. The van der Waals surface area contributed by atoms with Crippen LogP contribution in [0, 0.1) is 0 Å². The number of aldehydes is 1. The van der Waals surface area contributed by atoms with Crippen molar-refractivity contribution in [3.63, 3.8) is 0 Å². The van der Waals surface area contributed by atoms with E-state index in [1.165, 1.54) is 22.6 Å². The maximum Gasteiger partial charge on any atom is 0.153 e. The monoisotopic (exact) mass is 244 g/mol. The van der Waals surface area contributed by atoms with Gasteiger partial charge in [-0.3, -0.25) is 9.89 Å². The Hall–Kier alpha value is -1.55. The fourth-order valence-electron chi connectivity index (χ4n) is 2.13. The molecule has 1 aliphatic heterocycles. The van der Waals surface area contributed by atoms with Crippen LogP contribution >= 0.6 is 11.8 Å². The van der Waals surface area contributed by atoms with E-state index in [2.05, 4.69) is 28.4 Å². The number of aromatic amines is 1. The second-order valence-corrected chi connectivity index (χ2v) is 5.23. The molecule has 0 atom stereocenters. The van der Waals surface area contributed by atoms with Crippen LogP contribution in [-0.4, -0.2) is 22.2 Å². The van der Waals surface area contributed by atoms with Gasteiger partial charge in [0.25, 0.3) is 0 Å². The first-order chi connectivity index (χ1) is 8.38. The van der Waals surface area contributed by atoms with Gasteiger partial charge in [0.1, 0.15) is 0 Å². The Kier molecular flexibility index (Phi) is 2.73. The second-order valence-electron chi connectivity index (χ2n) is 4.09. The third-order valence-corrected chi connectivity index (χ3v) is 4.19. The number of carbonyl (C=O) groups excluding carboxylic acids is 1. The lowest BCUT2D eigenvalue weighted by Crippen LogP contribution is -1.98. The van der Waals surface area contributed by atoms with Crippen molar-refractivity contribution in [2.24, 2.45) is 0 Å². The summed E-state index contributed by atoms with van der Waals surface area (Å²) in [7, 11) is 0. The first kappa shape index (κ1) is 10.6. The first-order valence-electron chi connectivity index (χ1n) is 5.63. The lowest BCUT2D eigenvalue weighted by atomic mass is 10.0. The Bertz CT molecular complexity index is 562. The van der Waals surface area contributed by atoms with Crippen molar-refractivity contribution in [3.05, 3.63) is 35.5 Å². The van der Waals surface area contributed by atoms with Crippen LogP contribution in [0.15, 0.2) is 29.3 Å². The molecule has 1 N–H and O–H groups in total. The van der Waals surface area contributed by atoms with Crippen molar-refractivity contribution in [2.75, 3.05) is 5.75 Å². The molecule has 0 aliphatic carbocycles. The summed E-state index contributed by atoms with van der Waals surface area (Å²) in [6.45, 7) is 0. The minimum atomic E-state index is 0.619. The Balaban J connectivity index is 2.07. The molecule has 3 rings (SSSR count). The molecule has 1 aromatic heterocycles. The van der Waals surface area contributed by atoms with Gasteiger partial charge in [0.2, 0.25) is 0 Å². The van der Waals surface area contributed by atoms with E-state index in [4.69, 9.17) is 0 Å². The van der Waals surface area contributed by atoms with Gasteiger partial charge in [-0.15, -0.1) is 11.8 Å². The van der Waals surface area contributed by atoms with Crippen LogP contribution in [-0.2, 0) is 6.42 Å². The molecule has 0 saturated heterocycles. The molecule has 0 saturated carbocycles. The van der Waals surface area contributed by atoms with Gasteiger partial charge in [-0.25, -0.2) is 0 Å². The molecule has 0 unspecified atom stereocenters. The van der Waals surface area contributed by atoms with Gasteiger partial charge in [0, 0.05) is 10.5 Å². The normalized spacial score (nSPS) is 14.4. The zero-order valence-electron chi connectivity index (χ0n) is 9.27. The fourth-order valence-corrected chi connectivity index (χ4v) is 3.15. The van der Waals surface area contributed by atoms with Crippen LogP contribution in [0.1, 0.15) is 22.3 Å². The standard InChI is InChI=1S/C13H12N2OS/c16-8-11-7-14-15-13(11)10-3-4-12-9(6-10)2-1-5-17-12/h3-4,6-8H,1-2,5H2,(H,14,15). The van der Waals surface area contributed by atoms with Crippen LogP contribution in [0.2, 0.25) is 0 Å². The van der Waals surface area contributed by atoms with Crippen molar-refractivity contribution in [1.82, 2.24) is 10.2 Å². The van der Waals surface area contributed by atoms with Gasteiger partial charge in [0.05, 0.1) is 17.5 Å². The molecule has 1 aromatic carbocycles. The van der Waals surface area contributed by atoms with Crippen molar-refractivity contribution in [3.8, 4) is 11.3 Å². The SMILES string of the molecule is O=Cc1cn[nH]c1-c1ccc2c(c1)CCCS2. The topological polar surface area (TPSA) is 45.8 Å². The molecule has 4 heteroatoms. The number of H-pyrrole nitrogens is 1. The lowest BCUT2D eigenvalue weighted by Gasteiger charge is -2.15. The third kappa shape index (κ3) is 1.89. The summed E-state index contributed by atoms with van der Waals surface area (Å²) in [4.78, 5) is 12.3. The molecule has 3 nitrogen and oxygen atoms in total. The average molecular weight is 244 g/mol. The average Bonchev–Trinajstić information content (AvgIpc) is 2.86. The Morgan fingerprint density at radius 1 is 1.41 bits per heavy atom. The molecule has 2 heterocycles. The van der Waals surface area contributed by atoms with Crippen LogP contribution in [0.5, 0.6) is 0 Å².